The van der Waals surface area contributed by atoms with Crippen LogP contribution in [0, 0.1) is 0 Å². The van der Waals surface area contributed by atoms with Crippen LogP contribution >= 0.6 is 0 Å². The van der Waals surface area contributed by atoms with Crippen LogP contribution in [0.15, 0.2) is 24.3 Å². The van der Waals surface area contributed by atoms with Gasteiger partial charge in [0.2, 0.25) is 0 Å². The number of aliphatic carboxylic acids is 1. The number of carboxylic acids is 1. The van der Waals surface area contributed by atoms with Crippen LogP contribution in [0.1, 0.15) is 53.8 Å². The molecule has 1 atom stereocenters. The lowest BCUT2D eigenvalue weighted by atomic mass is 10.0. The number of Topliss-reactive ketones (excluding diaryl/α,β-unsaturated/α-hetero) is 1. The normalized spacial score (nSPS) is 11.7. The van der Waals surface area contributed by atoms with Crippen molar-refractivity contribution in [3.8, 4) is 0 Å². The highest BCUT2D eigenvalue weighted by Gasteiger charge is 2.22. The van der Waals surface area contributed by atoms with Crippen LogP contribution in [0.3, 0.4) is 0 Å². The van der Waals surface area contributed by atoms with E-state index in [-0.39, 0.29) is 11.3 Å². The molecule has 0 fully saturated rings. The molecule has 20 heavy (non-hydrogen) atoms. The highest BCUT2D eigenvalue weighted by atomic mass is 16.4. The number of carboxylic acid groups (broad SMARTS) is 1. The Morgan fingerprint density at radius 1 is 1.20 bits per heavy atom. The van der Waals surface area contributed by atoms with E-state index in [1.165, 1.54) is 13.0 Å². The molecule has 0 aliphatic carbocycles. The first-order chi connectivity index (χ1) is 9.47. The van der Waals surface area contributed by atoms with E-state index >= 15 is 0 Å². The van der Waals surface area contributed by atoms with E-state index in [2.05, 4.69) is 5.32 Å². The molecular weight excluding hydrogens is 258 g/mol. The maximum absolute atomic E-state index is 12.1. The third-order valence-corrected chi connectivity index (χ3v) is 3.00. The summed E-state index contributed by atoms with van der Waals surface area (Å²) in [5.41, 5.74) is 0.507. The van der Waals surface area contributed by atoms with Crippen LogP contribution < -0.4 is 5.32 Å². The number of nitrogens with one attached hydrogen (secondary N) is 1. The van der Waals surface area contributed by atoms with Crippen molar-refractivity contribution in [2.75, 3.05) is 0 Å². The summed E-state index contributed by atoms with van der Waals surface area (Å²) in [4.78, 5) is 34.7. The first-order valence-electron chi connectivity index (χ1n) is 6.61. The first-order valence-corrected chi connectivity index (χ1v) is 6.61. The van der Waals surface area contributed by atoms with Gasteiger partial charge in [-0.3, -0.25) is 9.59 Å². The van der Waals surface area contributed by atoms with E-state index in [9.17, 15) is 14.4 Å². The molecule has 108 valence electrons. The SMILES string of the molecule is CCCCC(NC(=O)c1ccccc1C(C)=O)C(=O)O. The predicted molar refractivity (Wildman–Crippen MR) is 74.9 cm³/mol. The second-order valence-corrected chi connectivity index (χ2v) is 4.61. The Labute approximate surface area is 118 Å². The lowest BCUT2D eigenvalue weighted by molar-refractivity contribution is -0.139. The molecule has 0 aromatic heterocycles. The molecule has 0 spiro atoms. The maximum Gasteiger partial charge on any atom is 0.326 e. The molecule has 0 aliphatic heterocycles. The van der Waals surface area contributed by atoms with Crippen LogP contribution in [-0.4, -0.2) is 28.8 Å². The minimum atomic E-state index is -1.06. The van der Waals surface area contributed by atoms with Crippen molar-refractivity contribution in [3.05, 3.63) is 35.4 Å². The van der Waals surface area contributed by atoms with E-state index in [0.29, 0.717) is 18.4 Å². The van der Waals surface area contributed by atoms with E-state index in [4.69, 9.17) is 5.11 Å². The second-order valence-electron chi connectivity index (χ2n) is 4.61. The van der Waals surface area contributed by atoms with Gasteiger partial charge < -0.3 is 10.4 Å². The second kappa shape index (κ2) is 7.43. The fourth-order valence-electron chi connectivity index (χ4n) is 1.89. The molecular formula is C15H19NO4. The number of rotatable bonds is 7. The Hall–Kier alpha value is -2.17. The summed E-state index contributed by atoms with van der Waals surface area (Å²) in [7, 11) is 0. The Morgan fingerprint density at radius 3 is 2.30 bits per heavy atom. The highest BCUT2D eigenvalue weighted by molar-refractivity contribution is 6.07. The number of carbonyl (C=O) groups is 3. The van der Waals surface area contributed by atoms with Gasteiger partial charge in [-0.1, -0.05) is 38.0 Å². The molecule has 0 saturated heterocycles. The van der Waals surface area contributed by atoms with Gasteiger partial charge in [-0.15, -0.1) is 0 Å². The van der Waals surface area contributed by atoms with Crippen molar-refractivity contribution in [2.45, 2.75) is 39.2 Å². The third-order valence-electron chi connectivity index (χ3n) is 3.00. The molecule has 1 unspecified atom stereocenters. The zero-order valence-corrected chi connectivity index (χ0v) is 11.7. The summed E-state index contributed by atoms with van der Waals surface area (Å²) in [6, 6.07) is 5.45. The number of hydrogen-bond donors (Lipinski definition) is 2. The van der Waals surface area contributed by atoms with E-state index in [1.54, 1.807) is 18.2 Å². The van der Waals surface area contributed by atoms with Crippen LogP contribution in [0.25, 0.3) is 0 Å². The van der Waals surface area contributed by atoms with Gasteiger partial charge >= 0.3 is 5.97 Å². The van der Waals surface area contributed by atoms with Crippen molar-refractivity contribution in [3.63, 3.8) is 0 Å². The molecule has 0 bridgehead atoms. The average molecular weight is 277 g/mol. The van der Waals surface area contributed by atoms with Gasteiger partial charge in [0.05, 0.1) is 5.56 Å². The number of carbonyl (C=O) groups excluding carboxylic acids is 2. The minimum Gasteiger partial charge on any atom is -0.480 e. The number of ketones is 1. The smallest absolute Gasteiger partial charge is 0.326 e. The molecule has 0 heterocycles. The zero-order valence-electron chi connectivity index (χ0n) is 11.7. The van der Waals surface area contributed by atoms with Gasteiger partial charge in [0.25, 0.3) is 5.91 Å². The lowest BCUT2D eigenvalue weighted by Gasteiger charge is -2.15. The van der Waals surface area contributed by atoms with Crippen LogP contribution in [0.5, 0.6) is 0 Å². The third kappa shape index (κ3) is 4.19. The average Bonchev–Trinajstić information content (AvgIpc) is 2.42. The van der Waals surface area contributed by atoms with Crippen molar-refractivity contribution in [1.82, 2.24) is 5.32 Å². The summed E-state index contributed by atoms with van der Waals surface area (Å²) in [6.45, 7) is 3.32. The predicted octanol–water partition coefficient (Wildman–Crippen LogP) is 2.26. The Bertz CT molecular complexity index is 510. The van der Waals surface area contributed by atoms with E-state index < -0.39 is 17.9 Å². The number of unbranched alkanes of at least 4 members (excludes halogenated alkanes) is 1. The molecule has 0 radical (unpaired) electrons. The van der Waals surface area contributed by atoms with Crippen molar-refractivity contribution >= 4 is 17.7 Å². The standard InChI is InChI=1S/C15H19NO4/c1-3-4-9-13(15(19)20)16-14(18)12-8-6-5-7-11(12)10(2)17/h5-8,13H,3-4,9H2,1-2H3,(H,16,18)(H,19,20). The number of hydrogen-bond acceptors (Lipinski definition) is 3. The van der Waals surface area contributed by atoms with Crippen LogP contribution in [-0.2, 0) is 4.79 Å². The summed E-state index contributed by atoms with van der Waals surface area (Å²) in [5, 5.41) is 11.6. The topological polar surface area (TPSA) is 83.5 Å². The molecule has 0 aliphatic rings. The van der Waals surface area contributed by atoms with Crippen LogP contribution in [0.2, 0.25) is 0 Å². The molecule has 0 saturated carbocycles. The Kier molecular flexibility index (Phi) is 5.90. The Balaban J connectivity index is 2.89. The molecule has 5 heteroatoms. The molecule has 1 aromatic carbocycles. The monoisotopic (exact) mass is 277 g/mol. The van der Waals surface area contributed by atoms with Gasteiger partial charge in [0.15, 0.2) is 5.78 Å². The van der Waals surface area contributed by atoms with E-state index in [1.807, 2.05) is 6.92 Å². The number of amides is 1. The van der Waals surface area contributed by atoms with Crippen molar-refractivity contribution in [1.29, 1.82) is 0 Å². The molecule has 2 N–H and O–H groups in total. The summed E-state index contributed by atoms with van der Waals surface area (Å²) in [5.74, 6) is -1.82. The first kappa shape index (κ1) is 15.9. The maximum atomic E-state index is 12.1. The molecule has 1 amide bonds. The molecule has 1 rings (SSSR count). The summed E-state index contributed by atoms with van der Waals surface area (Å²) < 4.78 is 0. The van der Waals surface area contributed by atoms with Gasteiger partial charge in [0, 0.05) is 5.56 Å². The fraction of sp³-hybridized carbons (Fsp3) is 0.400. The van der Waals surface area contributed by atoms with Crippen molar-refractivity contribution in [2.24, 2.45) is 0 Å². The zero-order chi connectivity index (χ0) is 15.1. The largest absolute Gasteiger partial charge is 0.480 e. The number of benzene rings is 1. The lowest BCUT2D eigenvalue weighted by Crippen LogP contribution is -2.41. The van der Waals surface area contributed by atoms with Gasteiger partial charge in [-0.25, -0.2) is 4.79 Å². The van der Waals surface area contributed by atoms with Crippen molar-refractivity contribution < 1.29 is 19.5 Å². The molecule has 5 nitrogen and oxygen atoms in total. The quantitative estimate of drug-likeness (QED) is 0.749. The van der Waals surface area contributed by atoms with Gasteiger partial charge in [0.1, 0.15) is 6.04 Å². The minimum absolute atomic E-state index is 0.211. The van der Waals surface area contributed by atoms with Gasteiger partial charge in [-0.05, 0) is 19.4 Å². The summed E-state index contributed by atoms with van der Waals surface area (Å²) in [6.07, 6.45) is 1.94. The molecule has 1 aromatic rings. The highest BCUT2D eigenvalue weighted by Crippen LogP contribution is 2.11. The fourth-order valence-corrected chi connectivity index (χ4v) is 1.89. The van der Waals surface area contributed by atoms with Gasteiger partial charge in [-0.2, -0.15) is 0 Å². The summed E-state index contributed by atoms with van der Waals surface area (Å²) >= 11 is 0. The van der Waals surface area contributed by atoms with E-state index in [0.717, 1.165) is 6.42 Å². The van der Waals surface area contributed by atoms with Crippen LogP contribution in [0.4, 0.5) is 0 Å². The Morgan fingerprint density at radius 2 is 1.80 bits per heavy atom.